The molecule has 2 amide bonds. The first kappa shape index (κ1) is 17.0. The van der Waals surface area contributed by atoms with Gasteiger partial charge in [0.15, 0.2) is 9.84 Å². The van der Waals surface area contributed by atoms with Crippen LogP contribution in [0.15, 0.2) is 65.6 Å². The largest absolute Gasteiger partial charge is 0.338 e. The topological polar surface area (TPSA) is 75.3 Å². The number of benzene rings is 2. The second-order valence-electron chi connectivity index (χ2n) is 5.05. The molecule has 6 heteroatoms. The average Bonchev–Trinajstić information content (AvgIpc) is 2.56. The van der Waals surface area contributed by atoms with Gasteiger partial charge in [0.05, 0.1) is 10.6 Å². The third-order valence-electron chi connectivity index (χ3n) is 3.30. The van der Waals surface area contributed by atoms with Crippen molar-refractivity contribution in [3.05, 3.63) is 66.2 Å². The molecule has 2 rings (SSSR count). The second-order valence-corrected chi connectivity index (χ2v) is 7.16. The molecule has 0 aromatic heterocycles. The first-order valence-corrected chi connectivity index (χ1v) is 9.06. The van der Waals surface area contributed by atoms with Crippen molar-refractivity contribution in [3.8, 4) is 0 Å². The van der Waals surface area contributed by atoms with E-state index < -0.39 is 9.84 Å². The van der Waals surface area contributed by atoms with E-state index in [0.29, 0.717) is 6.54 Å². The molecule has 122 valence electrons. The molecule has 0 atom stereocenters. The van der Waals surface area contributed by atoms with Crippen molar-refractivity contribution in [2.75, 3.05) is 18.8 Å². The van der Waals surface area contributed by atoms with E-state index in [-0.39, 0.29) is 23.2 Å². The molecule has 0 aliphatic rings. The third kappa shape index (κ3) is 5.75. The van der Waals surface area contributed by atoms with Crippen molar-refractivity contribution in [3.63, 3.8) is 0 Å². The van der Waals surface area contributed by atoms with Crippen LogP contribution in [0.1, 0.15) is 5.56 Å². The highest BCUT2D eigenvalue weighted by Crippen LogP contribution is 2.09. The molecule has 0 aliphatic heterocycles. The quantitative estimate of drug-likeness (QED) is 0.814. The summed E-state index contributed by atoms with van der Waals surface area (Å²) < 4.78 is 24.1. The van der Waals surface area contributed by atoms with Gasteiger partial charge in [-0.2, -0.15) is 0 Å². The first-order chi connectivity index (χ1) is 11.1. The molecular formula is C17H20N2O3S. The average molecular weight is 332 g/mol. The lowest BCUT2D eigenvalue weighted by Gasteiger charge is -2.08. The summed E-state index contributed by atoms with van der Waals surface area (Å²) in [5.74, 6) is -0.122. The zero-order chi connectivity index (χ0) is 16.5. The molecule has 0 fully saturated rings. The van der Waals surface area contributed by atoms with Crippen LogP contribution < -0.4 is 10.6 Å². The molecule has 0 unspecified atom stereocenters. The van der Waals surface area contributed by atoms with Gasteiger partial charge in [-0.25, -0.2) is 13.2 Å². The Labute approximate surface area is 136 Å². The van der Waals surface area contributed by atoms with E-state index in [4.69, 9.17) is 0 Å². The maximum Gasteiger partial charge on any atom is 0.314 e. The van der Waals surface area contributed by atoms with Gasteiger partial charge in [-0.1, -0.05) is 48.5 Å². The number of hydrogen-bond acceptors (Lipinski definition) is 3. The Morgan fingerprint density at radius 3 is 2.04 bits per heavy atom. The molecule has 0 saturated heterocycles. The van der Waals surface area contributed by atoms with E-state index in [2.05, 4.69) is 10.6 Å². The molecule has 5 nitrogen and oxygen atoms in total. The Bertz CT molecular complexity index is 716. The van der Waals surface area contributed by atoms with Gasteiger partial charge < -0.3 is 10.6 Å². The summed E-state index contributed by atoms with van der Waals surface area (Å²) >= 11 is 0. The fourth-order valence-corrected chi connectivity index (χ4v) is 3.25. The molecule has 23 heavy (non-hydrogen) atoms. The molecule has 0 bridgehead atoms. The standard InChI is InChI=1S/C17H20N2O3S/c20-17(18-12-11-15-7-3-1-4-8-15)19-13-14-23(21,22)16-9-5-2-6-10-16/h1-10H,11-14H2,(H2,18,19,20). The van der Waals surface area contributed by atoms with Gasteiger partial charge in [-0.15, -0.1) is 0 Å². The van der Waals surface area contributed by atoms with Crippen molar-refractivity contribution in [1.29, 1.82) is 0 Å². The molecule has 0 radical (unpaired) electrons. The predicted molar refractivity (Wildman–Crippen MR) is 90.0 cm³/mol. The SMILES string of the molecule is O=C(NCCc1ccccc1)NCCS(=O)(=O)c1ccccc1. The van der Waals surface area contributed by atoms with E-state index in [1.54, 1.807) is 30.3 Å². The summed E-state index contributed by atoms with van der Waals surface area (Å²) in [7, 11) is -3.36. The van der Waals surface area contributed by atoms with Crippen molar-refractivity contribution in [2.45, 2.75) is 11.3 Å². The fourth-order valence-electron chi connectivity index (χ4n) is 2.07. The molecule has 0 aliphatic carbocycles. The second kappa shape index (κ2) is 8.33. The van der Waals surface area contributed by atoms with Crippen LogP contribution >= 0.6 is 0 Å². The molecule has 0 heterocycles. The highest BCUT2D eigenvalue weighted by Gasteiger charge is 2.13. The number of amides is 2. The maximum absolute atomic E-state index is 12.0. The lowest BCUT2D eigenvalue weighted by atomic mass is 10.1. The van der Waals surface area contributed by atoms with Gasteiger partial charge in [0.1, 0.15) is 0 Å². The molecular weight excluding hydrogens is 312 g/mol. The Morgan fingerprint density at radius 2 is 1.39 bits per heavy atom. The Hall–Kier alpha value is -2.34. The Morgan fingerprint density at radius 1 is 0.826 bits per heavy atom. The van der Waals surface area contributed by atoms with Gasteiger partial charge >= 0.3 is 6.03 Å². The number of nitrogens with one attached hydrogen (secondary N) is 2. The molecule has 0 saturated carbocycles. The smallest absolute Gasteiger partial charge is 0.314 e. The number of hydrogen-bond donors (Lipinski definition) is 2. The van der Waals surface area contributed by atoms with Crippen LogP contribution in [0.4, 0.5) is 4.79 Å². The molecule has 2 aromatic rings. The third-order valence-corrected chi connectivity index (χ3v) is 5.03. The molecule has 0 spiro atoms. The van der Waals surface area contributed by atoms with Crippen LogP contribution in [0.3, 0.4) is 0 Å². The monoisotopic (exact) mass is 332 g/mol. The number of carbonyl (C=O) groups excluding carboxylic acids is 1. The molecule has 2 N–H and O–H groups in total. The minimum atomic E-state index is -3.36. The van der Waals surface area contributed by atoms with E-state index in [1.807, 2.05) is 30.3 Å². The van der Waals surface area contributed by atoms with Crippen LogP contribution in [0.5, 0.6) is 0 Å². The van der Waals surface area contributed by atoms with Gasteiger partial charge in [0, 0.05) is 13.1 Å². The first-order valence-electron chi connectivity index (χ1n) is 7.41. The van der Waals surface area contributed by atoms with Crippen molar-refractivity contribution in [1.82, 2.24) is 10.6 Å². The minimum absolute atomic E-state index is 0.0778. The summed E-state index contributed by atoms with van der Waals surface area (Å²) in [4.78, 5) is 11.9. The van der Waals surface area contributed by atoms with Crippen LogP contribution in [0, 0.1) is 0 Å². The van der Waals surface area contributed by atoms with Gasteiger partial charge in [0.25, 0.3) is 0 Å². The summed E-state index contributed by atoms with van der Waals surface area (Å²) in [5.41, 5.74) is 1.14. The lowest BCUT2D eigenvalue weighted by molar-refractivity contribution is 0.241. The highest BCUT2D eigenvalue weighted by molar-refractivity contribution is 7.91. The van der Waals surface area contributed by atoms with E-state index in [1.165, 1.54) is 0 Å². The van der Waals surface area contributed by atoms with Gasteiger partial charge in [0.2, 0.25) is 0 Å². The number of sulfone groups is 1. The van der Waals surface area contributed by atoms with Gasteiger partial charge in [-0.05, 0) is 24.1 Å². The predicted octanol–water partition coefficient (Wildman–Crippen LogP) is 2.00. The molecule has 2 aromatic carbocycles. The fraction of sp³-hybridized carbons (Fsp3) is 0.235. The highest BCUT2D eigenvalue weighted by atomic mass is 32.2. The van der Waals surface area contributed by atoms with Gasteiger partial charge in [-0.3, -0.25) is 0 Å². The zero-order valence-corrected chi connectivity index (χ0v) is 13.6. The van der Waals surface area contributed by atoms with Crippen molar-refractivity contribution < 1.29 is 13.2 Å². The number of urea groups is 1. The minimum Gasteiger partial charge on any atom is -0.338 e. The summed E-state index contributed by atoms with van der Waals surface area (Å²) in [6, 6.07) is 17.7. The number of carbonyl (C=O) groups is 1. The van der Waals surface area contributed by atoms with Crippen LogP contribution in [0.25, 0.3) is 0 Å². The van der Waals surface area contributed by atoms with E-state index in [0.717, 1.165) is 12.0 Å². The maximum atomic E-state index is 12.0. The Balaban J connectivity index is 1.69. The number of rotatable bonds is 7. The van der Waals surface area contributed by atoms with Crippen LogP contribution in [0.2, 0.25) is 0 Å². The van der Waals surface area contributed by atoms with Crippen LogP contribution in [-0.2, 0) is 16.3 Å². The Kier molecular flexibility index (Phi) is 6.17. The van der Waals surface area contributed by atoms with Crippen molar-refractivity contribution in [2.24, 2.45) is 0 Å². The zero-order valence-electron chi connectivity index (χ0n) is 12.7. The summed E-state index contributed by atoms with van der Waals surface area (Å²) in [5, 5.41) is 5.28. The van der Waals surface area contributed by atoms with Crippen molar-refractivity contribution >= 4 is 15.9 Å². The van der Waals surface area contributed by atoms with Crippen LogP contribution in [-0.4, -0.2) is 33.3 Å². The summed E-state index contributed by atoms with van der Waals surface area (Å²) in [6.45, 7) is 0.579. The normalized spacial score (nSPS) is 11.0. The van der Waals surface area contributed by atoms with E-state index >= 15 is 0 Å². The van der Waals surface area contributed by atoms with E-state index in [9.17, 15) is 13.2 Å². The lowest BCUT2D eigenvalue weighted by Crippen LogP contribution is -2.38. The summed E-state index contributed by atoms with van der Waals surface area (Å²) in [6.07, 6.45) is 0.733.